The highest BCUT2D eigenvalue weighted by molar-refractivity contribution is 5.70. The molecule has 0 amide bonds. The van der Waals surface area contributed by atoms with Crippen molar-refractivity contribution in [2.75, 3.05) is 7.11 Å². The van der Waals surface area contributed by atoms with Crippen LogP contribution in [0.3, 0.4) is 0 Å². The molecule has 1 rings (SSSR count). The predicted octanol–water partition coefficient (Wildman–Crippen LogP) is 3.96. The molecule has 17 heavy (non-hydrogen) atoms. The summed E-state index contributed by atoms with van der Waals surface area (Å²) in [5, 5.41) is 0. The Balaban J connectivity index is 2.69. The van der Waals surface area contributed by atoms with Gasteiger partial charge in [0, 0.05) is 0 Å². The second-order valence-corrected chi connectivity index (χ2v) is 5.51. The SMILES string of the molecule is C=C(C(C)C)C(CC(=O)OC)C1CCCCC1. The van der Waals surface area contributed by atoms with Gasteiger partial charge in [-0.15, -0.1) is 0 Å². The van der Waals surface area contributed by atoms with Crippen LogP contribution in [0.15, 0.2) is 12.2 Å². The highest BCUT2D eigenvalue weighted by Gasteiger charge is 2.29. The Morgan fingerprint density at radius 2 is 1.88 bits per heavy atom. The van der Waals surface area contributed by atoms with Crippen molar-refractivity contribution in [1.82, 2.24) is 0 Å². The van der Waals surface area contributed by atoms with Gasteiger partial charge in [-0.25, -0.2) is 0 Å². The van der Waals surface area contributed by atoms with E-state index < -0.39 is 0 Å². The average molecular weight is 238 g/mol. The highest BCUT2D eigenvalue weighted by Crippen LogP contribution is 2.37. The molecule has 1 aliphatic carbocycles. The quantitative estimate of drug-likeness (QED) is 0.535. The second kappa shape index (κ2) is 6.83. The van der Waals surface area contributed by atoms with Crippen LogP contribution in [0.1, 0.15) is 52.4 Å². The van der Waals surface area contributed by atoms with Gasteiger partial charge >= 0.3 is 5.97 Å². The summed E-state index contributed by atoms with van der Waals surface area (Å²) < 4.78 is 4.82. The Bertz CT molecular complexity index is 262. The molecule has 0 radical (unpaired) electrons. The Hall–Kier alpha value is -0.790. The maximum absolute atomic E-state index is 11.5. The molecule has 2 heteroatoms. The van der Waals surface area contributed by atoms with Gasteiger partial charge in [-0.05, 0) is 30.6 Å². The van der Waals surface area contributed by atoms with Crippen molar-refractivity contribution in [1.29, 1.82) is 0 Å². The molecule has 0 aliphatic heterocycles. The molecule has 0 aromatic carbocycles. The third-order valence-corrected chi connectivity index (χ3v) is 4.05. The number of ether oxygens (including phenoxy) is 1. The van der Waals surface area contributed by atoms with E-state index >= 15 is 0 Å². The van der Waals surface area contributed by atoms with Gasteiger partial charge in [0.05, 0.1) is 13.5 Å². The molecular weight excluding hydrogens is 212 g/mol. The zero-order valence-corrected chi connectivity index (χ0v) is 11.5. The van der Waals surface area contributed by atoms with Crippen LogP contribution in [0.25, 0.3) is 0 Å². The summed E-state index contributed by atoms with van der Waals surface area (Å²) >= 11 is 0. The lowest BCUT2D eigenvalue weighted by molar-refractivity contribution is -0.142. The summed E-state index contributed by atoms with van der Waals surface area (Å²) in [6.45, 7) is 8.53. The van der Waals surface area contributed by atoms with Crippen LogP contribution in [0.5, 0.6) is 0 Å². The normalized spacial score (nSPS) is 19.1. The molecule has 1 fully saturated rings. The minimum absolute atomic E-state index is 0.0950. The van der Waals surface area contributed by atoms with E-state index in [2.05, 4.69) is 20.4 Å². The van der Waals surface area contributed by atoms with Gasteiger partial charge in [0.15, 0.2) is 0 Å². The number of carbonyl (C=O) groups excluding carboxylic acids is 1. The number of allylic oxidation sites excluding steroid dienone is 1. The third-order valence-electron chi connectivity index (χ3n) is 4.05. The first-order valence-electron chi connectivity index (χ1n) is 6.81. The number of rotatable bonds is 5. The molecule has 1 unspecified atom stereocenters. The monoisotopic (exact) mass is 238 g/mol. The smallest absolute Gasteiger partial charge is 0.306 e. The van der Waals surface area contributed by atoms with Crippen LogP contribution in [-0.2, 0) is 9.53 Å². The topological polar surface area (TPSA) is 26.3 Å². The van der Waals surface area contributed by atoms with Crippen molar-refractivity contribution in [3.05, 3.63) is 12.2 Å². The Kier molecular flexibility index (Phi) is 5.73. The zero-order chi connectivity index (χ0) is 12.8. The first-order valence-corrected chi connectivity index (χ1v) is 6.81. The van der Waals surface area contributed by atoms with Crippen LogP contribution in [0.2, 0.25) is 0 Å². The van der Waals surface area contributed by atoms with Crippen molar-refractivity contribution in [2.24, 2.45) is 17.8 Å². The Morgan fingerprint density at radius 3 is 2.35 bits per heavy atom. The number of hydrogen-bond donors (Lipinski definition) is 0. The van der Waals surface area contributed by atoms with Gasteiger partial charge < -0.3 is 4.74 Å². The molecule has 1 aliphatic rings. The first-order chi connectivity index (χ1) is 8.06. The standard InChI is InChI=1S/C15H26O2/c1-11(2)12(3)14(10-15(16)17-4)13-8-6-5-7-9-13/h11,13-14H,3,5-10H2,1-2,4H3. The zero-order valence-electron chi connectivity index (χ0n) is 11.5. The number of esters is 1. The fourth-order valence-corrected chi connectivity index (χ4v) is 2.83. The first kappa shape index (κ1) is 14.3. The maximum atomic E-state index is 11.5. The summed E-state index contributed by atoms with van der Waals surface area (Å²) in [6, 6.07) is 0. The second-order valence-electron chi connectivity index (χ2n) is 5.51. The summed E-state index contributed by atoms with van der Waals surface area (Å²) in [6.07, 6.45) is 6.94. The summed E-state index contributed by atoms with van der Waals surface area (Å²) in [7, 11) is 1.47. The lowest BCUT2D eigenvalue weighted by atomic mass is 9.73. The van der Waals surface area contributed by atoms with E-state index in [9.17, 15) is 4.79 Å². The van der Waals surface area contributed by atoms with Crippen molar-refractivity contribution in [2.45, 2.75) is 52.4 Å². The molecule has 0 N–H and O–H groups in total. The van der Waals surface area contributed by atoms with E-state index in [1.807, 2.05) is 0 Å². The molecule has 0 saturated heterocycles. The van der Waals surface area contributed by atoms with E-state index in [1.165, 1.54) is 44.8 Å². The third kappa shape index (κ3) is 4.18. The van der Waals surface area contributed by atoms with E-state index in [-0.39, 0.29) is 5.97 Å². The molecular formula is C15H26O2. The van der Waals surface area contributed by atoms with Crippen molar-refractivity contribution in [3.63, 3.8) is 0 Å². The summed E-state index contributed by atoms with van der Waals surface area (Å²) in [5.41, 5.74) is 1.22. The summed E-state index contributed by atoms with van der Waals surface area (Å²) in [4.78, 5) is 11.5. The molecule has 98 valence electrons. The van der Waals surface area contributed by atoms with Gasteiger partial charge in [-0.2, -0.15) is 0 Å². The van der Waals surface area contributed by atoms with Gasteiger partial charge in [0.25, 0.3) is 0 Å². The van der Waals surface area contributed by atoms with E-state index in [1.54, 1.807) is 0 Å². The minimum atomic E-state index is -0.0950. The Labute approximate surface area is 105 Å². The minimum Gasteiger partial charge on any atom is -0.469 e. The predicted molar refractivity (Wildman–Crippen MR) is 70.7 cm³/mol. The van der Waals surface area contributed by atoms with Crippen molar-refractivity contribution in [3.8, 4) is 0 Å². The number of hydrogen-bond acceptors (Lipinski definition) is 2. The van der Waals surface area contributed by atoms with Crippen LogP contribution >= 0.6 is 0 Å². The fourth-order valence-electron chi connectivity index (χ4n) is 2.83. The number of carbonyl (C=O) groups is 1. The maximum Gasteiger partial charge on any atom is 0.306 e. The molecule has 0 aromatic heterocycles. The van der Waals surface area contributed by atoms with E-state index in [4.69, 9.17) is 4.74 Å². The van der Waals surface area contributed by atoms with Gasteiger partial charge in [-0.1, -0.05) is 45.3 Å². The molecule has 1 atom stereocenters. The van der Waals surface area contributed by atoms with E-state index in [0.29, 0.717) is 24.2 Å². The average Bonchev–Trinajstić information content (AvgIpc) is 2.35. The molecule has 2 nitrogen and oxygen atoms in total. The van der Waals surface area contributed by atoms with Crippen LogP contribution in [0, 0.1) is 17.8 Å². The van der Waals surface area contributed by atoms with Crippen LogP contribution in [0.4, 0.5) is 0 Å². The highest BCUT2D eigenvalue weighted by atomic mass is 16.5. The largest absolute Gasteiger partial charge is 0.469 e. The van der Waals surface area contributed by atoms with Crippen LogP contribution in [-0.4, -0.2) is 13.1 Å². The van der Waals surface area contributed by atoms with Gasteiger partial charge in [-0.3, -0.25) is 4.79 Å². The fraction of sp³-hybridized carbons (Fsp3) is 0.800. The summed E-state index contributed by atoms with van der Waals surface area (Å²) in [5.74, 6) is 1.31. The van der Waals surface area contributed by atoms with E-state index in [0.717, 1.165) is 0 Å². The van der Waals surface area contributed by atoms with Crippen molar-refractivity contribution < 1.29 is 9.53 Å². The van der Waals surface area contributed by atoms with Crippen molar-refractivity contribution >= 4 is 5.97 Å². The van der Waals surface area contributed by atoms with Crippen LogP contribution < -0.4 is 0 Å². The lowest BCUT2D eigenvalue weighted by Gasteiger charge is -2.32. The van der Waals surface area contributed by atoms with Gasteiger partial charge in [0.2, 0.25) is 0 Å². The van der Waals surface area contributed by atoms with Gasteiger partial charge in [0.1, 0.15) is 0 Å². The Morgan fingerprint density at radius 1 is 1.29 bits per heavy atom. The molecule has 0 aromatic rings. The molecule has 1 saturated carbocycles. The lowest BCUT2D eigenvalue weighted by Crippen LogP contribution is -2.24. The molecule has 0 bridgehead atoms. The molecule has 0 heterocycles. The molecule has 0 spiro atoms. The number of methoxy groups -OCH3 is 1.